The van der Waals surface area contributed by atoms with Crippen molar-refractivity contribution in [1.82, 2.24) is 4.90 Å². The van der Waals surface area contributed by atoms with Crippen LogP contribution in [0.3, 0.4) is 0 Å². The van der Waals surface area contributed by atoms with Gasteiger partial charge in [0.05, 0.1) is 0 Å². The maximum atomic E-state index is 5.24. The standard InChI is InChI=1S/C14H33N2Si.CH3.Co/c1-10-16(11-2)12-14(6,7)15-17(8,9)13(3,4)5;;/h10-12H2,1-9H3;1H3;/q2*-1;+3. The summed E-state index contributed by atoms with van der Waals surface area (Å²) in [5, 5.41) is 0.341. The summed E-state index contributed by atoms with van der Waals surface area (Å²) in [6.45, 7) is 24.1. The van der Waals surface area contributed by atoms with Gasteiger partial charge in [-0.1, -0.05) is 74.8 Å². The van der Waals surface area contributed by atoms with Crippen molar-refractivity contribution >= 4 is 8.24 Å². The van der Waals surface area contributed by atoms with Crippen molar-refractivity contribution < 1.29 is 16.8 Å². The third-order valence-corrected chi connectivity index (χ3v) is 8.76. The summed E-state index contributed by atoms with van der Waals surface area (Å²) in [7, 11) is -1.53. The van der Waals surface area contributed by atoms with Crippen LogP contribution in [0.4, 0.5) is 0 Å². The van der Waals surface area contributed by atoms with Gasteiger partial charge < -0.3 is 17.3 Å². The molecule has 19 heavy (non-hydrogen) atoms. The van der Waals surface area contributed by atoms with E-state index in [4.69, 9.17) is 4.98 Å². The van der Waals surface area contributed by atoms with E-state index in [0.29, 0.717) is 5.04 Å². The maximum absolute atomic E-state index is 5.24. The van der Waals surface area contributed by atoms with Crippen LogP contribution in [0.1, 0.15) is 48.5 Å². The maximum Gasteiger partial charge on any atom is 3.00 e. The van der Waals surface area contributed by atoms with Crippen LogP contribution in [-0.4, -0.2) is 38.3 Å². The van der Waals surface area contributed by atoms with Gasteiger partial charge in [-0.15, -0.1) is 5.54 Å². The van der Waals surface area contributed by atoms with Crippen LogP contribution < -0.4 is 0 Å². The molecule has 0 unspecified atom stereocenters. The molecule has 0 bridgehead atoms. The van der Waals surface area contributed by atoms with Crippen molar-refractivity contribution in [2.24, 2.45) is 0 Å². The molecule has 0 atom stereocenters. The molecule has 0 radical (unpaired) electrons. The molecule has 0 fully saturated rings. The summed E-state index contributed by atoms with van der Waals surface area (Å²) in [4.78, 5) is 7.71. The van der Waals surface area contributed by atoms with Crippen LogP contribution in [0.15, 0.2) is 0 Å². The minimum Gasteiger partial charge on any atom is -0.658 e. The van der Waals surface area contributed by atoms with Gasteiger partial charge in [-0.05, 0) is 19.6 Å². The number of nitrogens with zero attached hydrogens (tertiary/aromatic N) is 2. The third kappa shape index (κ3) is 8.50. The van der Waals surface area contributed by atoms with Crippen molar-refractivity contribution in [2.45, 2.75) is 72.1 Å². The summed E-state index contributed by atoms with van der Waals surface area (Å²) in [6, 6.07) is 0. The second-order valence-electron chi connectivity index (χ2n) is 7.19. The number of likely N-dealkylation sites (N-methyl/N-ethyl adjacent to an activating group) is 1. The molecular formula is C15H36CoN2Si+. The fraction of sp³-hybridized carbons (Fsp3) is 0.933. The minimum atomic E-state index is -1.53. The van der Waals surface area contributed by atoms with Crippen molar-refractivity contribution in [3.8, 4) is 0 Å². The molecule has 0 N–H and O–H groups in total. The molecular weight excluding hydrogens is 295 g/mol. The molecule has 2 nitrogen and oxygen atoms in total. The van der Waals surface area contributed by atoms with E-state index in [-0.39, 0.29) is 29.7 Å². The normalized spacial score (nSPS) is 12.9. The molecule has 0 aliphatic rings. The largest absolute Gasteiger partial charge is 3.00 e. The van der Waals surface area contributed by atoms with Crippen LogP contribution >= 0.6 is 0 Å². The van der Waals surface area contributed by atoms with E-state index in [1.54, 1.807) is 0 Å². The van der Waals surface area contributed by atoms with Gasteiger partial charge >= 0.3 is 16.8 Å². The zero-order chi connectivity index (χ0) is 13.9. The Morgan fingerprint density at radius 1 is 0.947 bits per heavy atom. The molecule has 0 aliphatic carbocycles. The fourth-order valence-corrected chi connectivity index (χ4v) is 3.87. The first-order valence-corrected chi connectivity index (χ1v) is 9.86. The van der Waals surface area contributed by atoms with E-state index in [1.165, 1.54) is 0 Å². The monoisotopic (exact) mass is 331 g/mol. The number of hydrogen-bond acceptors (Lipinski definition) is 1. The molecule has 0 rings (SSSR count). The molecule has 0 amide bonds. The quantitative estimate of drug-likeness (QED) is 0.498. The Hall–Kier alpha value is 0.643. The Bertz CT molecular complexity index is 231. The Morgan fingerprint density at radius 2 is 1.32 bits per heavy atom. The van der Waals surface area contributed by atoms with Gasteiger partial charge in [0.2, 0.25) is 0 Å². The zero-order valence-corrected chi connectivity index (χ0v) is 16.9. The molecule has 0 aromatic carbocycles. The summed E-state index contributed by atoms with van der Waals surface area (Å²) < 4.78 is 0. The van der Waals surface area contributed by atoms with Crippen molar-refractivity contribution in [1.29, 1.82) is 0 Å². The SMILES string of the molecule is CCN(CC)CC(C)(C)[N-][Si](C)(C)C(C)(C)C.[CH3-].[Co+3]. The van der Waals surface area contributed by atoms with Crippen molar-refractivity contribution in [2.75, 3.05) is 19.6 Å². The van der Waals surface area contributed by atoms with Crippen LogP contribution in [0.2, 0.25) is 18.1 Å². The predicted molar refractivity (Wildman–Crippen MR) is 88.8 cm³/mol. The van der Waals surface area contributed by atoms with Gasteiger partial charge in [0.1, 0.15) is 0 Å². The molecule has 118 valence electrons. The zero-order valence-electron chi connectivity index (χ0n) is 14.8. The second-order valence-corrected chi connectivity index (χ2v) is 12.0. The van der Waals surface area contributed by atoms with Crippen LogP contribution in [0, 0.1) is 7.43 Å². The molecule has 0 saturated carbocycles. The van der Waals surface area contributed by atoms with Gasteiger partial charge in [-0.25, -0.2) is 0 Å². The molecule has 0 heterocycles. The van der Waals surface area contributed by atoms with E-state index >= 15 is 0 Å². The topological polar surface area (TPSA) is 17.3 Å². The Morgan fingerprint density at radius 3 is 1.58 bits per heavy atom. The summed E-state index contributed by atoms with van der Waals surface area (Å²) >= 11 is 0. The molecule has 4 heteroatoms. The third-order valence-electron chi connectivity index (χ3n) is 3.92. The van der Waals surface area contributed by atoms with Gasteiger partial charge in [-0.3, -0.25) is 0 Å². The molecule has 0 aromatic rings. The average Bonchev–Trinajstić information content (AvgIpc) is 2.10. The summed E-state index contributed by atoms with van der Waals surface area (Å²) in [5.41, 5.74) is 0.0784. The first-order chi connectivity index (χ1) is 7.45. The molecule has 0 saturated heterocycles. The van der Waals surface area contributed by atoms with Crippen LogP contribution in [0.5, 0.6) is 0 Å². The van der Waals surface area contributed by atoms with E-state index in [9.17, 15) is 0 Å². The van der Waals surface area contributed by atoms with E-state index in [1.807, 2.05) is 0 Å². The fourth-order valence-electron chi connectivity index (χ4n) is 1.95. The van der Waals surface area contributed by atoms with Crippen molar-refractivity contribution in [3.05, 3.63) is 12.4 Å². The molecule has 0 spiro atoms. The first-order valence-electron chi connectivity index (χ1n) is 6.91. The first kappa shape index (κ1) is 24.6. The molecule has 0 aromatic heterocycles. The van der Waals surface area contributed by atoms with E-state index < -0.39 is 8.24 Å². The Balaban J connectivity index is -0.00000128. The second kappa shape index (κ2) is 8.83. The van der Waals surface area contributed by atoms with Gasteiger partial charge in [0.25, 0.3) is 0 Å². The smallest absolute Gasteiger partial charge is 0.658 e. The van der Waals surface area contributed by atoms with Gasteiger partial charge in [0.15, 0.2) is 0 Å². The number of rotatable bonds is 6. The van der Waals surface area contributed by atoms with Crippen LogP contribution in [0.25, 0.3) is 4.98 Å². The molecule has 0 aliphatic heterocycles. The Kier molecular flexibility index (Phi) is 11.4. The summed E-state index contributed by atoms with van der Waals surface area (Å²) in [5.74, 6) is 0. The predicted octanol–water partition coefficient (Wildman–Crippen LogP) is 4.93. The average molecular weight is 331 g/mol. The number of hydrogen-bond donors (Lipinski definition) is 0. The van der Waals surface area contributed by atoms with Gasteiger partial charge in [-0.2, -0.15) is 0 Å². The summed E-state index contributed by atoms with van der Waals surface area (Å²) in [6.07, 6.45) is 0. The minimum absolute atomic E-state index is 0. The Labute approximate surface area is 134 Å². The van der Waals surface area contributed by atoms with Gasteiger partial charge in [0, 0.05) is 0 Å². The van der Waals surface area contributed by atoms with E-state index in [2.05, 4.69) is 66.5 Å². The van der Waals surface area contributed by atoms with Crippen LogP contribution in [-0.2, 0) is 16.8 Å². The van der Waals surface area contributed by atoms with E-state index in [0.717, 1.165) is 19.6 Å². The van der Waals surface area contributed by atoms with Crippen molar-refractivity contribution in [3.63, 3.8) is 0 Å².